The number of ether oxygens (including phenoxy) is 1. The number of hydrogen-bond acceptors (Lipinski definition) is 5. The van der Waals surface area contributed by atoms with Gasteiger partial charge in [-0.05, 0) is 13.8 Å². The summed E-state index contributed by atoms with van der Waals surface area (Å²) in [6.45, 7) is 6.13. The molecule has 0 amide bonds. The van der Waals surface area contributed by atoms with Crippen LogP contribution in [0.25, 0.3) is 0 Å². The van der Waals surface area contributed by atoms with E-state index in [-0.39, 0.29) is 12.2 Å². The molecule has 0 radical (unpaired) electrons. The van der Waals surface area contributed by atoms with Crippen LogP contribution >= 0.6 is 11.3 Å². The highest BCUT2D eigenvalue weighted by molar-refractivity contribution is 7.15. The lowest BCUT2D eigenvalue weighted by Crippen LogP contribution is -2.61. The van der Waals surface area contributed by atoms with Crippen LogP contribution in [0.15, 0.2) is 0 Å². The van der Waals surface area contributed by atoms with E-state index in [0.717, 1.165) is 23.9 Å². The molecule has 0 spiro atoms. The number of aliphatic hydroxyl groups excluding tert-OH is 1. The van der Waals surface area contributed by atoms with Gasteiger partial charge in [-0.25, -0.2) is 4.98 Å². The molecule has 1 saturated heterocycles. The highest BCUT2D eigenvalue weighted by atomic mass is 32.1. The van der Waals surface area contributed by atoms with Crippen LogP contribution in [0.3, 0.4) is 0 Å². The van der Waals surface area contributed by atoms with E-state index in [1.807, 2.05) is 0 Å². The maximum atomic E-state index is 8.92. The van der Waals surface area contributed by atoms with E-state index >= 15 is 0 Å². The number of hydrogen-bond donors (Lipinski definition) is 1. The normalized spacial score (nSPS) is 18.6. The molecule has 1 aromatic rings. The van der Waals surface area contributed by atoms with Gasteiger partial charge >= 0.3 is 0 Å². The lowest BCUT2D eigenvalue weighted by molar-refractivity contribution is -0.0168. The van der Waals surface area contributed by atoms with Crippen LogP contribution in [0.1, 0.15) is 17.5 Å². The Balaban J connectivity index is 2.04. The van der Waals surface area contributed by atoms with Crippen molar-refractivity contribution in [2.75, 3.05) is 31.7 Å². The van der Waals surface area contributed by atoms with Crippen molar-refractivity contribution in [2.24, 2.45) is 0 Å². The summed E-state index contributed by atoms with van der Waals surface area (Å²) < 4.78 is 5.41. The van der Waals surface area contributed by atoms with E-state index in [1.54, 1.807) is 18.4 Å². The Morgan fingerprint density at radius 2 is 2.25 bits per heavy atom. The Morgan fingerprint density at radius 1 is 1.56 bits per heavy atom. The van der Waals surface area contributed by atoms with Crippen LogP contribution in [-0.2, 0) is 11.2 Å². The van der Waals surface area contributed by atoms with Crippen molar-refractivity contribution >= 4 is 16.5 Å². The summed E-state index contributed by atoms with van der Waals surface area (Å²) in [5, 5.41) is 9.97. The van der Waals surface area contributed by atoms with E-state index in [2.05, 4.69) is 23.7 Å². The quantitative estimate of drug-likeness (QED) is 0.862. The lowest BCUT2D eigenvalue weighted by atomic mass is 9.97. The summed E-state index contributed by atoms with van der Waals surface area (Å²) in [5.74, 6) is 0. The molecule has 90 valence electrons. The molecule has 1 fully saturated rings. The summed E-state index contributed by atoms with van der Waals surface area (Å²) in [5.41, 5.74) is 1.00. The van der Waals surface area contributed by atoms with Gasteiger partial charge in [-0.3, -0.25) is 0 Å². The molecule has 2 rings (SSSR count). The SMILES string of the molecule is COC1(C)CN(c2nc(CCO)c(C)s2)C1. The molecule has 5 heteroatoms. The van der Waals surface area contributed by atoms with Gasteiger partial charge in [0.25, 0.3) is 0 Å². The average molecular weight is 242 g/mol. The molecule has 0 aliphatic carbocycles. The first-order valence-corrected chi connectivity index (χ1v) is 6.27. The fourth-order valence-electron chi connectivity index (χ4n) is 1.91. The van der Waals surface area contributed by atoms with Crippen molar-refractivity contribution < 1.29 is 9.84 Å². The summed E-state index contributed by atoms with van der Waals surface area (Å²) >= 11 is 1.70. The number of aryl methyl sites for hydroxylation is 1. The predicted octanol–water partition coefficient (Wildman–Crippen LogP) is 1.21. The molecule has 4 nitrogen and oxygen atoms in total. The monoisotopic (exact) mass is 242 g/mol. The average Bonchev–Trinajstić information content (AvgIpc) is 2.56. The highest BCUT2D eigenvalue weighted by Crippen LogP contribution is 2.33. The van der Waals surface area contributed by atoms with Crippen molar-refractivity contribution in [1.82, 2.24) is 4.98 Å². The zero-order valence-corrected chi connectivity index (χ0v) is 10.8. The van der Waals surface area contributed by atoms with E-state index in [0.29, 0.717) is 6.42 Å². The molecule has 0 aromatic carbocycles. The van der Waals surface area contributed by atoms with Crippen LogP contribution in [-0.4, -0.2) is 42.5 Å². The molecule has 16 heavy (non-hydrogen) atoms. The van der Waals surface area contributed by atoms with E-state index < -0.39 is 0 Å². The highest BCUT2D eigenvalue weighted by Gasteiger charge is 2.40. The van der Waals surface area contributed by atoms with Crippen molar-refractivity contribution in [3.8, 4) is 0 Å². The molecule has 0 bridgehead atoms. The molecular formula is C11H18N2O2S. The van der Waals surface area contributed by atoms with Crippen LogP contribution in [0, 0.1) is 6.92 Å². The maximum Gasteiger partial charge on any atom is 0.185 e. The third-order valence-electron chi connectivity index (χ3n) is 3.04. The van der Waals surface area contributed by atoms with Crippen molar-refractivity contribution in [1.29, 1.82) is 0 Å². The van der Waals surface area contributed by atoms with Gasteiger partial charge in [-0.1, -0.05) is 0 Å². The fourth-order valence-corrected chi connectivity index (χ4v) is 2.86. The van der Waals surface area contributed by atoms with Gasteiger partial charge in [0.2, 0.25) is 0 Å². The Hall–Kier alpha value is -0.650. The summed E-state index contributed by atoms with van der Waals surface area (Å²) in [6, 6.07) is 0. The number of thiazole rings is 1. The van der Waals surface area contributed by atoms with Gasteiger partial charge in [0.15, 0.2) is 5.13 Å². The van der Waals surface area contributed by atoms with Crippen LogP contribution in [0.4, 0.5) is 5.13 Å². The zero-order valence-electron chi connectivity index (χ0n) is 9.99. The first-order chi connectivity index (χ1) is 7.58. The third kappa shape index (κ3) is 2.07. The van der Waals surface area contributed by atoms with Gasteiger partial charge in [0.05, 0.1) is 24.4 Å². The topological polar surface area (TPSA) is 45.6 Å². The number of rotatable bonds is 4. The van der Waals surface area contributed by atoms with Crippen LogP contribution < -0.4 is 4.90 Å². The molecule has 1 aliphatic rings. The first kappa shape index (κ1) is 11.8. The van der Waals surface area contributed by atoms with Gasteiger partial charge in [-0.15, -0.1) is 11.3 Å². The Labute approximate surface area is 99.9 Å². The van der Waals surface area contributed by atoms with Crippen molar-refractivity contribution in [2.45, 2.75) is 25.9 Å². The number of aromatic nitrogens is 1. The van der Waals surface area contributed by atoms with Crippen LogP contribution in [0.2, 0.25) is 0 Å². The van der Waals surface area contributed by atoms with Crippen LogP contribution in [0.5, 0.6) is 0 Å². The van der Waals surface area contributed by atoms with Gasteiger partial charge in [0.1, 0.15) is 0 Å². The molecule has 2 heterocycles. The number of methoxy groups -OCH3 is 1. The number of aliphatic hydroxyl groups is 1. The van der Waals surface area contributed by atoms with Gasteiger partial charge < -0.3 is 14.7 Å². The largest absolute Gasteiger partial charge is 0.396 e. The Morgan fingerprint density at radius 3 is 2.81 bits per heavy atom. The summed E-state index contributed by atoms with van der Waals surface area (Å²) in [4.78, 5) is 7.98. The first-order valence-electron chi connectivity index (χ1n) is 5.45. The second-order valence-corrected chi connectivity index (χ2v) is 5.66. The molecule has 0 atom stereocenters. The number of nitrogens with zero attached hydrogens (tertiary/aromatic N) is 2. The van der Waals surface area contributed by atoms with E-state index in [9.17, 15) is 0 Å². The fraction of sp³-hybridized carbons (Fsp3) is 0.727. The summed E-state index contributed by atoms with van der Waals surface area (Å²) in [6.07, 6.45) is 0.651. The van der Waals surface area contributed by atoms with Crippen molar-refractivity contribution in [3.05, 3.63) is 10.6 Å². The van der Waals surface area contributed by atoms with Gasteiger partial charge in [-0.2, -0.15) is 0 Å². The third-order valence-corrected chi connectivity index (χ3v) is 4.12. The zero-order chi connectivity index (χ0) is 11.8. The second-order valence-electron chi connectivity index (χ2n) is 4.48. The van der Waals surface area contributed by atoms with Gasteiger partial charge in [0, 0.05) is 25.0 Å². The van der Waals surface area contributed by atoms with E-state index in [1.165, 1.54) is 4.88 Å². The smallest absolute Gasteiger partial charge is 0.185 e. The lowest BCUT2D eigenvalue weighted by Gasteiger charge is -2.46. The minimum atomic E-state index is -0.0171. The molecule has 1 aromatic heterocycles. The minimum Gasteiger partial charge on any atom is -0.396 e. The molecule has 1 N–H and O–H groups in total. The van der Waals surface area contributed by atoms with Crippen molar-refractivity contribution in [3.63, 3.8) is 0 Å². The maximum absolute atomic E-state index is 8.92. The Bertz CT molecular complexity index is 372. The predicted molar refractivity (Wildman–Crippen MR) is 65.3 cm³/mol. The van der Waals surface area contributed by atoms with E-state index in [4.69, 9.17) is 9.84 Å². The molecular weight excluding hydrogens is 224 g/mol. The standard InChI is InChI=1S/C11H18N2O2S/c1-8-9(4-5-14)12-10(16-8)13-6-11(2,7-13)15-3/h14H,4-7H2,1-3H3. The summed E-state index contributed by atoms with van der Waals surface area (Å²) in [7, 11) is 1.75. The Kier molecular flexibility index (Phi) is 3.19. The minimum absolute atomic E-state index is 0.0171. The molecule has 0 saturated carbocycles. The molecule has 0 unspecified atom stereocenters. The number of anilines is 1. The second kappa shape index (κ2) is 4.31. The molecule has 1 aliphatic heterocycles.